The second-order valence-electron chi connectivity index (χ2n) is 5.92. The van der Waals surface area contributed by atoms with Gasteiger partial charge in [0.2, 0.25) is 0 Å². The summed E-state index contributed by atoms with van der Waals surface area (Å²) in [6.45, 7) is 2.13. The summed E-state index contributed by atoms with van der Waals surface area (Å²) in [6.07, 6.45) is 5.09. The Hall–Kier alpha value is -0.490. The number of benzene rings is 1. The van der Waals surface area contributed by atoms with Crippen LogP contribution in [0.4, 0.5) is 4.39 Å². The number of nitrogens with zero attached hydrogens (tertiary/aromatic N) is 1. The molecule has 0 spiro atoms. The van der Waals surface area contributed by atoms with Crippen molar-refractivity contribution in [2.45, 2.75) is 43.9 Å². The predicted octanol–water partition coefficient (Wildman–Crippen LogP) is 3.23. The van der Waals surface area contributed by atoms with Crippen molar-refractivity contribution in [2.75, 3.05) is 19.7 Å². The lowest BCUT2D eigenvalue weighted by molar-refractivity contribution is -0.102. The van der Waals surface area contributed by atoms with Crippen molar-refractivity contribution in [3.8, 4) is 0 Å². The molecule has 3 rings (SSSR count). The predicted molar refractivity (Wildman–Crippen MR) is 84.6 cm³/mol. The summed E-state index contributed by atoms with van der Waals surface area (Å²) >= 11 is 3.21. The number of morpholine rings is 1. The van der Waals surface area contributed by atoms with Crippen LogP contribution >= 0.6 is 15.9 Å². The quantitative estimate of drug-likeness (QED) is 0.903. The average molecular weight is 357 g/mol. The lowest BCUT2D eigenvalue weighted by Crippen LogP contribution is -2.54. The molecule has 1 aliphatic heterocycles. The summed E-state index contributed by atoms with van der Waals surface area (Å²) in [5.41, 5.74) is 6.99. The zero-order valence-corrected chi connectivity index (χ0v) is 13.7. The summed E-state index contributed by atoms with van der Waals surface area (Å²) in [6, 6.07) is 5.84. The minimum absolute atomic E-state index is 0.0714. The van der Waals surface area contributed by atoms with E-state index in [9.17, 15) is 4.39 Å². The molecule has 1 saturated heterocycles. The maximum absolute atomic E-state index is 13.8. The van der Waals surface area contributed by atoms with Gasteiger partial charge in [0.25, 0.3) is 0 Å². The van der Waals surface area contributed by atoms with Crippen molar-refractivity contribution in [1.82, 2.24) is 4.90 Å². The average Bonchev–Trinajstić information content (AvgIpc) is 2.52. The van der Waals surface area contributed by atoms with E-state index in [0.717, 1.165) is 31.6 Å². The number of nitrogens with two attached hydrogens (primary N) is 1. The van der Waals surface area contributed by atoms with Crippen LogP contribution in [0.3, 0.4) is 0 Å². The third kappa shape index (κ3) is 3.16. The molecule has 3 atom stereocenters. The minimum Gasteiger partial charge on any atom is -0.375 e. The van der Waals surface area contributed by atoms with E-state index in [4.69, 9.17) is 10.5 Å². The molecule has 1 saturated carbocycles. The molecule has 1 aromatic carbocycles. The van der Waals surface area contributed by atoms with Crippen molar-refractivity contribution >= 4 is 15.9 Å². The van der Waals surface area contributed by atoms with Crippen LogP contribution in [-0.4, -0.2) is 36.7 Å². The van der Waals surface area contributed by atoms with Crippen LogP contribution < -0.4 is 5.73 Å². The molecule has 5 heteroatoms. The maximum atomic E-state index is 13.8. The fourth-order valence-corrected chi connectivity index (χ4v) is 3.94. The maximum Gasteiger partial charge on any atom is 0.137 e. The first kappa shape index (κ1) is 15.4. The van der Waals surface area contributed by atoms with Crippen LogP contribution in [0.1, 0.15) is 37.3 Å². The molecule has 0 bridgehead atoms. The van der Waals surface area contributed by atoms with E-state index in [1.807, 2.05) is 6.07 Å². The van der Waals surface area contributed by atoms with Gasteiger partial charge in [-0.1, -0.05) is 18.9 Å². The number of rotatable bonds is 3. The zero-order valence-electron chi connectivity index (χ0n) is 12.1. The Balaban J connectivity index is 1.85. The third-order valence-electron chi connectivity index (χ3n) is 4.73. The Morgan fingerprint density at radius 3 is 2.95 bits per heavy atom. The topological polar surface area (TPSA) is 38.5 Å². The van der Waals surface area contributed by atoms with E-state index in [0.29, 0.717) is 23.2 Å². The highest BCUT2D eigenvalue weighted by Gasteiger charge is 2.37. The van der Waals surface area contributed by atoms with Crippen molar-refractivity contribution in [3.05, 3.63) is 34.1 Å². The van der Waals surface area contributed by atoms with Gasteiger partial charge in [0.15, 0.2) is 0 Å². The zero-order chi connectivity index (χ0) is 14.8. The molecule has 21 heavy (non-hydrogen) atoms. The van der Waals surface area contributed by atoms with E-state index in [1.165, 1.54) is 12.8 Å². The van der Waals surface area contributed by atoms with Crippen molar-refractivity contribution < 1.29 is 9.13 Å². The Morgan fingerprint density at radius 1 is 1.38 bits per heavy atom. The summed E-state index contributed by atoms with van der Waals surface area (Å²) < 4.78 is 20.3. The van der Waals surface area contributed by atoms with Crippen LogP contribution in [-0.2, 0) is 4.74 Å². The number of fused-ring (bicyclic) bond motifs is 1. The molecule has 1 aromatic rings. The largest absolute Gasteiger partial charge is 0.375 e. The van der Waals surface area contributed by atoms with Crippen LogP contribution in [0.5, 0.6) is 0 Å². The number of halogens is 2. The first-order chi connectivity index (χ1) is 10.2. The monoisotopic (exact) mass is 356 g/mol. The van der Waals surface area contributed by atoms with E-state index in [2.05, 4.69) is 20.8 Å². The van der Waals surface area contributed by atoms with E-state index < -0.39 is 0 Å². The number of ether oxygens (including phenoxy) is 1. The lowest BCUT2D eigenvalue weighted by atomic mass is 9.88. The molecule has 3 unspecified atom stereocenters. The summed E-state index contributed by atoms with van der Waals surface area (Å²) in [5.74, 6) is -0.223. The van der Waals surface area contributed by atoms with Gasteiger partial charge in [-0.3, -0.25) is 4.90 Å². The third-order valence-corrected chi connectivity index (χ3v) is 5.37. The summed E-state index contributed by atoms with van der Waals surface area (Å²) in [7, 11) is 0. The standard InChI is InChI=1S/C16H22BrFN2O/c17-12-6-5-11(9-13(12)18)15(10-19)20-7-8-21-16-4-2-1-3-14(16)20/h5-6,9,14-16H,1-4,7-8,10,19H2. The Kier molecular flexibility index (Phi) is 4.94. The Bertz CT molecular complexity index is 497. The van der Waals surface area contributed by atoms with Gasteiger partial charge >= 0.3 is 0 Å². The first-order valence-corrected chi connectivity index (χ1v) is 8.52. The smallest absolute Gasteiger partial charge is 0.137 e. The second-order valence-corrected chi connectivity index (χ2v) is 6.78. The fourth-order valence-electron chi connectivity index (χ4n) is 3.70. The first-order valence-electron chi connectivity index (χ1n) is 7.73. The minimum atomic E-state index is -0.223. The van der Waals surface area contributed by atoms with Gasteiger partial charge in [-0.2, -0.15) is 0 Å². The van der Waals surface area contributed by atoms with Gasteiger partial charge in [0.05, 0.1) is 17.2 Å². The summed E-state index contributed by atoms with van der Waals surface area (Å²) in [5, 5.41) is 0. The van der Waals surface area contributed by atoms with Crippen molar-refractivity contribution in [3.63, 3.8) is 0 Å². The van der Waals surface area contributed by atoms with E-state index in [-0.39, 0.29) is 11.9 Å². The van der Waals surface area contributed by atoms with Crippen LogP contribution in [0.25, 0.3) is 0 Å². The molecule has 116 valence electrons. The molecular formula is C16H22BrFN2O. The Labute approximate surface area is 133 Å². The SMILES string of the molecule is NCC(c1ccc(Br)c(F)c1)N1CCOC2CCCCC21. The molecule has 1 aliphatic carbocycles. The normalized spacial score (nSPS) is 28.1. The van der Waals surface area contributed by atoms with Gasteiger partial charge in [-0.05, 0) is 46.5 Å². The molecule has 2 N–H and O–H groups in total. The van der Waals surface area contributed by atoms with Crippen molar-refractivity contribution in [2.24, 2.45) is 5.73 Å². The molecule has 0 amide bonds. The van der Waals surface area contributed by atoms with Gasteiger partial charge < -0.3 is 10.5 Å². The molecule has 2 fully saturated rings. The van der Waals surface area contributed by atoms with Crippen LogP contribution in [0.2, 0.25) is 0 Å². The number of hydrogen-bond donors (Lipinski definition) is 1. The van der Waals surface area contributed by atoms with E-state index >= 15 is 0 Å². The highest BCUT2D eigenvalue weighted by atomic mass is 79.9. The van der Waals surface area contributed by atoms with E-state index in [1.54, 1.807) is 12.1 Å². The van der Waals surface area contributed by atoms with Gasteiger partial charge in [0.1, 0.15) is 5.82 Å². The molecular weight excluding hydrogens is 335 g/mol. The number of hydrogen-bond acceptors (Lipinski definition) is 3. The second kappa shape index (κ2) is 6.73. The molecule has 1 heterocycles. The van der Waals surface area contributed by atoms with Crippen LogP contribution in [0, 0.1) is 5.82 Å². The summed E-state index contributed by atoms with van der Waals surface area (Å²) in [4.78, 5) is 2.44. The molecule has 0 aromatic heterocycles. The van der Waals surface area contributed by atoms with Crippen molar-refractivity contribution in [1.29, 1.82) is 0 Å². The molecule has 2 aliphatic rings. The fraction of sp³-hybridized carbons (Fsp3) is 0.625. The van der Waals surface area contributed by atoms with Gasteiger partial charge in [-0.15, -0.1) is 0 Å². The molecule has 0 radical (unpaired) electrons. The highest BCUT2D eigenvalue weighted by molar-refractivity contribution is 9.10. The van der Waals surface area contributed by atoms with Gasteiger partial charge in [-0.25, -0.2) is 4.39 Å². The van der Waals surface area contributed by atoms with Crippen LogP contribution in [0.15, 0.2) is 22.7 Å². The Morgan fingerprint density at radius 2 is 2.19 bits per heavy atom. The lowest BCUT2D eigenvalue weighted by Gasteiger charge is -2.47. The molecule has 3 nitrogen and oxygen atoms in total. The van der Waals surface area contributed by atoms with Gasteiger partial charge in [0, 0.05) is 25.2 Å². The highest BCUT2D eigenvalue weighted by Crippen LogP contribution is 2.34.